The summed E-state index contributed by atoms with van der Waals surface area (Å²) in [6.45, 7) is 3.79. The lowest BCUT2D eigenvalue weighted by Crippen LogP contribution is -2.25. The second kappa shape index (κ2) is 7.73. The van der Waals surface area contributed by atoms with E-state index in [0.717, 1.165) is 33.6 Å². The predicted molar refractivity (Wildman–Crippen MR) is 112 cm³/mol. The van der Waals surface area contributed by atoms with Gasteiger partial charge in [0.1, 0.15) is 11.2 Å². The first-order chi connectivity index (χ1) is 14.7. The SMILES string of the molecule is Cc1nc2c(c(-c3cccc(OC(F)(F)F)c3)c1C)CCC2(C#N)Cc1ccccc1. The molecule has 0 aliphatic heterocycles. The zero-order chi connectivity index (χ0) is 22.2. The van der Waals surface area contributed by atoms with E-state index in [-0.39, 0.29) is 5.75 Å². The molecular weight excluding hydrogens is 401 g/mol. The van der Waals surface area contributed by atoms with Crippen molar-refractivity contribution in [1.29, 1.82) is 5.26 Å². The number of nitriles is 1. The van der Waals surface area contributed by atoms with E-state index >= 15 is 0 Å². The Morgan fingerprint density at radius 3 is 2.52 bits per heavy atom. The van der Waals surface area contributed by atoms with Gasteiger partial charge < -0.3 is 4.74 Å². The number of pyridine rings is 1. The third kappa shape index (κ3) is 4.00. The van der Waals surface area contributed by atoms with Crippen LogP contribution >= 0.6 is 0 Å². The highest BCUT2D eigenvalue weighted by atomic mass is 19.4. The highest BCUT2D eigenvalue weighted by molar-refractivity contribution is 5.75. The lowest BCUT2D eigenvalue weighted by Gasteiger charge is -2.23. The van der Waals surface area contributed by atoms with E-state index in [9.17, 15) is 18.4 Å². The first kappa shape index (κ1) is 20.9. The van der Waals surface area contributed by atoms with Crippen molar-refractivity contribution in [3.63, 3.8) is 0 Å². The summed E-state index contributed by atoms with van der Waals surface area (Å²) in [5, 5.41) is 10.2. The fraction of sp³-hybridized carbons (Fsp3) is 0.280. The summed E-state index contributed by atoms with van der Waals surface area (Å²) in [7, 11) is 0. The lowest BCUT2D eigenvalue weighted by molar-refractivity contribution is -0.274. The van der Waals surface area contributed by atoms with Gasteiger partial charge in [-0.1, -0.05) is 42.5 Å². The largest absolute Gasteiger partial charge is 0.573 e. The Morgan fingerprint density at radius 1 is 1.10 bits per heavy atom. The molecule has 0 saturated carbocycles. The third-order valence-corrected chi connectivity index (χ3v) is 5.96. The molecule has 0 saturated heterocycles. The molecule has 0 amide bonds. The van der Waals surface area contributed by atoms with E-state index in [2.05, 4.69) is 10.8 Å². The van der Waals surface area contributed by atoms with Gasteiger partial charge >= 0.3 is 6.36 Å². The summed E-state index contributed by atoms with van der Waals surface area (Å²) in [6.07, 6.45) is -2.95. The molecule has 1 atom stereocenters. The van der Waals surface area contributed by atoms with Crippen molar-refractivity contribution in [3.05, 3.63) is 82.7 Å². The van der Waals surface area contributed by atoms with Crippen molar-refractivity contribution in [3.8, 4) is 22.9 Å². The molecule has 3 aromatic rings. The molecule has 2 aromatic carbocycles. The van der Waals surface area contributed by atoms with Crippen LogP contribution in [0.1, 0.15) is 34.5 Å². The second-order valence-corrected chi connectivity index (χ2v) is 7.96. The summed E-state index contributed by atoms with van der Waals surface area (Å²) in [4.78, 5) is 4.81. The Balaban J connectivity index is 1.84. The predicted octanol–water partition coefficient (Wildman–Crippen LogP) is 6.21. The van der Waals surface area contributed by atoms with E-state index in [1.54, 1.807) is 12.1 Å². The molecule has 0 N–H and O–H groups in total. The van der Waals surface area contributed by atoms with Crippen LogP contribution in [-0.4, -0.2) is 11.3 Å². The Bertz CT molecular complexity index is 1170. The molecule has 0 bridgehead atoms. The number of alkyl halides is 3. The quantitative estimate of drug-likeness (QED) is 0.502. The summed E-state index contributed by atoms with van der Waals surface area (Å²) >= 11 is 0. The minimum absolute atomic E-state index is 0.263. The topological polar surface area (TPSA) is 45.9 Å². The minimum Gasteiger partial charge on any atom is -0.406 e. The van der Waals surface area contributed by atoms with Crippen molar-refractivity contribution in [2.45, 2.75) is 44.9 Å². The van der Waals surface area contributed by atoms with Gasteiger partial charge in [-0.15, -0.1) is 13.2 Å². The fourth-order valence-electron chi connectivity index (χ4n) is 4.44. The number of halogens is 3. The van der Waals surface area contributed by atoms with Crippen molar-refractivity contribution < 1.29 is 17.9 Å². The maximum absolute atomic E-state index is 12.7. The number of rotatable bonds is 4. The number of ether oxygens (including phenoxy) is 1. The average molecular weight is 422 g/mol. The zero-order valence-electron chi connectivity index (χ0n) is 17.3. The van der Waals surface area contributed by atoms with Gasteiger partial charge in [-0.3, -0.25) is 4.98 Å². The molecule has 3 nitrogen and oxygen atoms in total. The molecule has 1 aliphatic carbocycles. The van der Waals surface area contributed by atoms with Crippen molar-refractivity contribution in [2.75, 3.05) is 0 Å². The number of benzene rings is 2. The van der Waals surface area contributed by atoms with Crippen LogP contribution in [0.3, 0.4) is 0 Å². The van der Waals surface area contributed by atoms with E-state index in [1.165, 1.54) is 12.1 Å². The highest BCUT2D eigenvalue weighted by Crippen LogP contribution is 2.46. The smallest absolute Gasteiger partial charge is 0.406 e. The highest BCUT2D eigenvalue weighted by Gasteiger charge is 2.42. The van der Waals surface area contributed by atoms with Gasteiger partial charge in [0, 0.05) is 5.69 Å². The fourth-order valence-corrected chi connectivity index (χ4v) is 4.44. The normalized spacial score (nSPS) is 17.8. The van der Waals surface area contributed by atoms with Gasteiger partial charge in [-0.2, -0.15) is 5.26 Å². The summed E-state index contributed by atoms with van der Waals surface area (Å²) in [5.41, 5.74) is 5.11. The standard InChI is InChI=1S/C25H21F3N2O/c1-16-17(2)30-23-21(11-12-24(23,15-29)14-18-7-4-3-5-8-18)22(16)19-9-6-10-20(13-19)31-25(26,27)28/h3-10,13H,11-12,14H2,1-2H3. The first-order valence-electron chi connectivity index (χ1n) is 10.0. The van der Waals surface area contributed by atoms with E-state index in [0.29, 0.717) is 24.8 Å². The zero-order valence-corrected chi connectivity index (χ0v) is 17.3. The number of hydrogen-bond acceptors (Lipinski definition) is 3. The van der Waals surface area contributed by atoms with Crippen LogP contribution in [0.15, 0.2) is 54.6 Å². The molecule has 31 heavy (non-hydrogen) atoms. The Labute approximate surface area is 179 Å². The van der Waals surface area contributed by atoms with Gasteiger partial charge in [0.2, 0.25) is 0 Å². The summed E-state index contributed by atoms with van der Waals surface area (Å²) < 4.78 is 42.3. The maximum Gasteiger partial charge on any atom is 0.573 e. The summed E-state index contributed by atoms with van der Waals surface area (Å²) in [6, 6.07) is 18.3. The lowest BCUT2D eigenvalue weighted by atomic mass is 9.80. The van der Waals surface area contributed by atoms with Crippen molar-refractivity contribution in [2.24, 2.45) is 0 Å². The number of aromatic nitrogens is 1. The van der Waals surface area contributed by atoms with Gasteiger partial charge in [-0.25, -0.2) is 0 Å². The molecule has 1 unspecified atom stereocenters. The van der Waals surface area contributed by atoms with Gasteiger partial charge in [0.05, 0.1) is 11.8 Å². The van der Waals surface area contributed by atoms with E-state index in [4.69, 9.17) is 4.98 Å². The Kier molecular flexibility index (Phi) is 5.22. The molecular formula is C25H21F3N2O. The third-order valence-electron chi connectivity index (χ3n) is 5.96. The molecule has 1 aliphatic rings. The first-order valence-corrected chi connectivity index (χ1v) is 10.0. The molecule has 0 spiro atoms. The molecule has 0 fully saturated rings. The van der Waals surface area contributed by atoms with Crippen molar-refractivity contribution in [1.82, 2.24) is 4.98 Å². The van der Waals surface area contributed by atoms with Crippen LogP contribution in [0.5, 0.6) is 5.75 Å². The van der Waals surface area contributed by atoms with Crippen molar-refractivity contribution >= 4 is 0 Å². The minimum atomic E-state index is -4.75. The van der Waals surface area contributed by atoms with E-state index < -0.39 is 11.8 Å². The molecule has 158 valence electrons. The monoisotopic (exact) mass is 422 g/mol. The van der Waals surface area contributed by atoms with Gasteiger partial charge in [0.15, 0.2) is 0 Å². The van der Waals surface area contributed by atoms with Crippen LogP contribution in [0.25, 0.3) is 11.1 Å². The van der Waals surface area contributed by atoms with Gasteiger partial charge in [0.25, 0.3) is 0 Å². The maximum atomic E-state index is 12.7. The van der Waals surface area contributed by atoms with Crippen LogP contribution < -0.4 is 4.74 Å². The number of nitrogens with zero attached hydrogens (tertiary/aromatic N) is 2. The van der Waals surface area contributed by atoms with Crippen LogP contribution in [-0.2, 0) is 18.3 Å². The molecule has 4 rings (SSSR count). The second-order valence-electron chi connectivity index (χ2n) is 7.96. The van der Waals surface area contributed by atoms with Crippen LogP contribution in [0.4, 0.5) is 13.2 Å². The molecule has 6 heteroatoms. The number of fused-ring (bicyclic) bond motifs is 1. The Morgan fingerprint density at radius 2 is 1.84 bits per heavy atom. The van der Waals surface area contributed by atoms with Gasteiger partial charge in [-0.05, 0) is 73.1 Å². The number of hydrogen-bond donors (Lipinski definition) is 0. The van der Waals surface area contributed by atoms with Crippen LogP contribution in [0, 0.1) is 25.2 Å². The Hall–Kier alpha value is -3.33. The molecule has 1 aromatic heterocycles. The molecule has 0 radical (unpaired) electrons. The average Bonchev–Trinajstić information content (AvgIpc) is 3.06. The van der Waals surface area contributed by atoms with E-state index in [1.807, 2.05) is 44.2 Å². The molecule has 1 heterocycles. The number of aryl methyl sites for hydroxylation is 1. The van der Waals surface area contributed by atoms with Crippen LogP contribution in [0.2, 0.25) is 0 Å². The summed E-state index contributed by atoms with van der Waals surface area (Å²) in [5.74, 6) is -0.263.